The van der Waals surface area contributed by atoms with Gasteiger partial charge in [0.15, 0.2) is 0 Å². The van der Waals surface area contributed by atoms with E-state index in [1.54, 1.807) is 0 Å². The van der Waals surface area contributed by atoms with E-state index in [1.165, 1.54) is 22.2 Å². The second-order valence-electron chi connectivity index (χ2n) is 8.17. The Morgan fingerprint density at radius 1 is 1.11 bits per heavy atom. The highest BCUT2D eigenvalue weighted by Gasteiger charge is 2.51. The summed E-state index contributed by atoms with van der Waals surface area (Å²) >= 11 is 1.50. The van der Waals surface area contributed by atoms with Gasteiger partial charge in [-0.05, 0) is 49.5 Å². The van der Waals surface area contributed by atoms with Crippen LogP contribution < -0.4 is 5.32 Å². The molecule has 1 aliphatic heterocycles. The molecule has 28 heavy (non-hydrogen) atoms. The number of nitrogens with one attached hydrogen (secondary N) is 1. The number of amides is 3. The molecule has 0 unspecified atom stereocenters. The van der Waals surface area contributed by atoms with Gasteiger partial charge >= 0.3 is 0 Å². The molecule has 1 N–H and O–H groups in total. The van der Waals surface area contributed by atoms with Gasteiger partial charge in [-0.1, -0.05) is 37.1 Å². The van der Waals surface area contributed by atoms with Crippen LogP contribution in [0.25, 0.3) is 0 Å². The van der Waals surface area contributed by atoms with Crippen molar-refractivity contribution >= 4 is 29.5 Å². The number of rotatable bonds is 5. The standard InChI is InChI=1S/C22H28N2O3S/c1-28-13-19(24-21(26)16-10-4-5-11-17(16)22(24)27)20(25)23-18-12-6-8-14-7-2-3-9-15(14)18/h2-3,7,9,16-19H,4-6,8,10-13H2,1H3,(H,23,25)/t16-,17+,18-,19+/m1/s1. The van der Waals surface area contributed by atoms with Crippen molar-refractivity contribution in [3.05, 3.63) is 35.4 Å². The van der Waals surface area contributed by atoms with Crippen LogP contribution in [0.5, 0.6) is 0 Å². The molecule has 0 radical (unpaired) electrons. The second-order valence-corrected chi connectivity index (χ2v) is 9.08. The van der Waals surface area contributed by atoms with Gasteiger partial charge in [0, 0.05) is 5.75 Å². The fourth-order valence-corrected chi connectivity index (χ4v) is 5.71. The minimum atomic E-state index is -0.713. The average Bonchev–Trinajstić information content (AvgIpc) is 2.97. The lowest BCUT2D eigenvalue weighted by atomic mass is 9.81. The quantitative estimate of drug-likeness (QED) is 0.772. The number of thioether (sulfide) groups is 1. The molecular weight excluding hydrogens is 372 g/mol. The molecule has 2 aliphatic carbocycles. The topological polar surface area (TPSA) is 66.5 Å². The molecule has 1 saturated carbocycles. The van der Waals surface area contributed by atoms with Crippen molar-refractivity contribution in [2.75, 3.05) is 12.0 Å². The molecule has 4 atom stereocenters. The number of benzene rings is 1. The lowest BCUT2D eigenvalue weighted by Crippen LogP contribution is -2.52. The van der Waals surface area contributed by atoms with Gasteiger partial charge in [0.25, 0.3) is 0 Å². The number of aryl methyl sites for hydroxylation is 1. The van der Waals surface area contributed by atoms with Gasteiger partial charge in [-0.2, -0.15) is 11.8 Å². The van der Waals surface area contributed by atoms with Gasteiger partial charge in [0.2, 0.25) is 17.7 Å². The van der Waals surface area contributed by atoms with Crippen LogP contribution in [-0.4, -0.2) is 40.7 Å². The molecule has 0 bridgehead atoms. The number of carbonyl (C=O) groups excluding carboxylic acids is 3. The number of likely N-dealkylation sites (tertiary alicyclic amines) is 1. The summed E-state index contributed by atoms with van der Waals surface area (Å²) in [5, 5.41) is 3.16. The molecule has 1 saturated heterocycles. The Balaban J connectivity index is 1.54. The van der Waals surface area contributed by atoms with E-state index in [2.05, 4.69) is 17.4 Å². The van der Waals surface area contributed by atoms with Gasteiger partial charge in [-0.3, -0.25) is 19.3 Å². The van der Waals surface area contributed by atoms with Crippen LogP contribution >= 0.6 is 11.8 Å². The molecule has 5 nitrogen and oxygen atoms in total. The molecule has 6 heteroatoms. The predicted molar refractivity (Wildman–Crippen MR) is 110 cm³/mol. The Labute approximate surface area is 170 Å². The molecule has 3 amide bonds. The van der Waals surface area contributed by atoms with E-state index < -0.39 is 6.04 Å². The van der Waals surface area contributed by atoms with Crippen LogP contribution in [0.3, 0.4) is 0 Å². The van der Waals surface area contributed by atoms with E-state index in [0.717, 1.165) is 50.5 Å². The van der Waals surface area contributed by atoms with Gasteiger partial charge in [0.05, 0.1) is 17.9 Å². The third-order valence-electron chi connectivity index (χ3n) is 6.50. The molecule has 0 aromatic heterocycles. The maximum absolute atomic E-state index is 13.2. The highest BCUT2D eigenvalue weighted by atomic mass is 32.2. The Morgan fingerprint density at radius 3 is 2.46 bits per heavy atom. The normalized spacial score (nSPS) is 27.9. The fourth-order valence-electron chi connectivity index (χ4n) is 5.09. The molecule has 1 heterocycles. The van der Waals surface area contributed by atoms with E-state index in [-0.39, 0.29) is 35.6 Å². The molecule has 0 spiro atoms. The summed E-state index contributed by atoms with van der Waals surface area (Å²) in [4.78, 5) is 40.5. The molecule has 2 fully saturated rings. The first kappa shape index (κ1) is 19.5. The Hall–Kier alpha value is -1.82. The maximum atomic E-state index is 13.2. The Bertz CT molecular complexity index is 757. The summed E-state index contributed by atoms with van der Waals surface area (Å²) in [6.07, 6.45) is 8.39. The van der Waals surface area contributed by atoms with Crippen LogP contribution in [0, 0.1) is 11.8 Å². The molecule has 4 rings (SSSR count). The third kappa shape index (κ3) is 3.47. The van der Waals surface area contributed by atoms with Crippen molar-refractivity contribution in [3.63, 3.8) is 0 Å². The maximum Gasteiger partial charge on any atom is 0.244 e. The highest BCUT2D eigenvalue weighted by molar-refractivity contribution is 7.98. The number of fused-ring (bicyclic) bond motifs is 2. The van der Waals surface area contributed by atoms with Crippen molar-refractivity contribution in [1.82, 2.24) is 10.2 Å². The number of hydrogen-bond donors (Lipinski definition) is 1. The van der Waals surface area contributed by atoms with E-state index in [0.29, 0.717) is 5.75 Å². The molecule has 1 aromatic rings. The third-order valence-corrected chi connectivity index (χ3v) is 7.15. The van der Waals surface area contributed by atoms with E-state index in [4.69, 9.17) is 0 Å². The zero-order valence-corrected chi connectivity index (χ0v) is 17.2. The first-order chi connectivity index (χ1) is 13.6. The monoisotopic (exact) mass is 400 g/mol. The summed E-state index contributed by atoms with van der Waals surface area (Å²) in [5.41, 5.74) is 2.44. The predicted octanol–water partition coefficient (Wildman–Crippen LogP) is 3.09. The number of carbonyl (C=O) groups is 3. The van der Waals surface area contributed by atoms with E-state index in [1.807, 2.05) is 18.4 Å². The molecule has 1 aromatic carbocycles. The highest BCUT2D eigenvalue weighted by Crippen LogP contribution is 2.39. The Morgan fingerprint density at radius 2 is 1.79 bits per heavy atom. The van der Waals surface area contributed by atoms with Crippen LogP contribution in [0.4, 0.5) is 0 Å². The zero-order chi connectivity index (χ0) is 19.7. The van der Waals surface area contributed by atoms with Crippen LogP contribution in [0.1, 0.15) is 55.7 Å². The summed E-state index contributed by atoms with van der Waals surface area (Å²) in [7, 11) is 0. The summed E-state index contributed by atoms with van der Waals surface area (Å²) in [6, 6.07) is 7.46. The van der Waals surface area contributed by atoms with Crippen molar-refractivity contribution < 1.29 is 14.4 Å². The van der Waals surface area contributed by atoms with Crippen molar-refractivity contribution in [3.8, 4) is 0 Å². The fraction of sp³-hybridized carbons (Fsp3) is 0.591. The minimum Gasteiger partial charge on any atom is -0.347 e. The lowest BCUT2D eigenvalue weighted by molar-refractivity contribution is -0.147. The van der Waals surface area contributed by atoms with Gasteiger partial charge < -0.3 is 5.32 Å². The SMILES string of the molecule is CSC[C@@H](C(=O)N[C@@H]1CCCc2ccccc21)N1C(=O)[C@H]2CCCC[C@H]2C1=O. The van der Waals surface area contributed by atoms with Gasteiger partial charge in [-0.25, -0.2) is 0 Å². The Kier molecular flexibility index (Phi) is 5.76. The summed E-state index contributed by atoms with van der Waals surface area (Å²) in [6.45, 7) is 0. The number of nitrogens with zero attached hydrogens (tertiary/aromatic N) is 1. The van der Waals surface area contributed by atoms with Crippen LogP contribution in [-0.2, 0) is 20.8 Å². The second kappa shape index (κ2) is 8.27. The average molecular weight is 401 g/mol. The molecule has 150 valence electrons. The van der Waals surface area contributed by atoms with E-state index in [9.17, 15) is 14.4 Å². The molecule has 3 aliphatic rings. The van der Waals surface area contributed by atoms with Crippen LogP contribution in [0.15, 0.2) is 24.3 Å². The smallest absolute Gasteiger partial charge is 0.244 e. The largest absolute Gasteiger partial charge is 0.347 e. The van der Waals surface area contributed by atoms with Gasteiger partial charge in [-0.15, -0.1) is 0 Å². The van der Waals surface area contributed by atoms with E-state index >= 15 is 0 Å². The van der Waals surface area contributed by atoms with Gasteiger partial charge in [0.1, 0.15) is 6.04 Å². The van der Waals surface area contributed by atoms with Crippen molar-refractivity contribution in [1.29, 1.82) is 0 Å². The zero-order valence-electron chi connectivity index (χ0n) is 16.4. The van der Waals surface area contributed by atoms with Crippen molar-refractivity contribution in [2.24, 2.45) is 11.8 Å². The van der Waals surface area contributed by atoms with Crippen molar-refractivity contribution in [2.45, 2.75) is 57.0 Å². The number of imide groups is 1. The number of hydrogen-bond acceptors (Lipinski definition) is 4. The minimum absolute atomic E-state index is 0.0445. The van der Waals surface area contributed by atoms with Crippen LogP contribution in [0.2, 0.25) is 0 Å². The first-order valence-electron chi connectivity index (χ1n) is 10.4. The lowest BCUT2D eigenvalue weighted by Gasteiger charge is -2.30. The summed E-state index contributed by atoms with van der Waals surface area (Å²) in [5.74, 6) is -0.447. The molecular formula is C22H28N2O3S. The summed E-state index contributed by atoms with van der Waals surface area (Å²) < 4.78 is 0. The first-order valence-corrected chi connectivity index (χ1v) is 11.7.